The number of carbonyl (C=O) groups is 2. The van der Waals surface area contributed by atoms with Crippen LogP contribution in [0.4, 0.5) is 0 Å². The van der Waals surface area contributed by atoms with Crippen LogP contribution < -0.4 is 10.2 Å². The molecule has 3 rings (SSSR count). The molecule has 0 unspecified atom stereocenters. The predicted molar refractivity (Wildman–Crippen MR) is 132 cm³/mol. The Labute approximate surface area is 200 Å². The van der Waals surface area contributed by atoms with Gasteiger partial charge in [-0.15, -0.1) is 0 Å². The molecule has 1 amide bonds. The highest BCUT2D eigenvalue weighted by molar-refractivity contribution is 14.1. The largest absolute Gasteiger partial charge is 0.496 e. The van der Waals surface area contributed by atoms with Crippen molar-refractivity contribution in [2.45, 2.75) is 20.8 Å². The van der Waals surface area contributed by atoms with E-state index in [4.69, 9.17) is 9.47 Å². The van der Waals surface area contributed by atoms with Crippen molar-refractivity contribution < 1.29 is 19.1 Å². The number of aryl methyl sites for hydroxylation is 2. The van der Waals surface area contributed by atoms with E-state index in [2.05, 4.69) is 37.7 Å². The van der Waals surface area contributed by atoms with E-state index in [9.17, 15) is 9.59 Å². The summed E-state index contributed by atoms with van der Waals surface area (Å²) in [5.41, 5.74) is 8.16. The number of benzene rings is 2. The first kappa shape index (κ1) is 23.5. The van der Waals surface area contributed by atoms with Gasteiger partial charge in [-0.1, -0.05) is 6.07 Å². The number of hydrogen-bond donors (Lipinski definition) is 1. The van der Waals surface area contributed by atoms with Crippen molar-refractivity contribution in [3.63, 3.8) is 0 Å². The van der Waals surface area contributed by atoms with Crippen molar-refractivity contribution in [1.82, 2.24) is 9.99 Å². The average Bonchev–Trinajstić information content (AvgIpc) is 3.06. The molecule has 0 radical (unpaired) electrons. The molecule has 0 fully saturated rings. The quantitative estimate of drug-likeness (QED) is 0.213. The third kappa shape index (κ3) is 4.85. The van der Waals surface area contributed by atoms with Crippen LogP contribution in [0.1, 0.15) is 43.2 Å². The van der Waals surface area contributed by atoms with E-state index in [1.165, 1.54) is 7.11 Å². The second-order valence-electron chi connectivity index (χ2n) is 7.20. The smallest absolute Gasteiger partial charge is 0.337 e. The van der Waals surface area contributed by atoms with Crippen LogP contribution in [0.5, 0.6) is 5.75 Å². The van der Waals surface area contributed by atoms with Gasteiger partial charge in [0.15, 0.2) is 0 Å². The third-order valence-electron chi connectivity index (χ3n) is 5.12. The summed E-state index contributed by atoms with van der Waals surface area (Å²) in [7, 11) is 2.93. The van der Waals surface area contributed by atoms with Crippen LogP contribution in [0.25, 0.3) is 5.69 Å². The predicted octanol–water partition coefficient (Wildman–Crippen LogP) is 4.57. The topological polar surface area (TPSA) is 81.9 Å². The van der Waals surface area contributed by atoms with Crippen LogP contribution in [-0.2, 0) is 4.74 Å². The maximum absolute atomic E-state index is 12.4. The maximum atomic E-state index is 12.4. The molecule has 0 bridgehead atoms. The standard InChI is InChI=1S/C24H24IN3O4/c1-14-6-7-18(24(30)32-5)11-21(14)28-15(2)10-19(16(28)3)13-26-27-23(29)17-8-9-20(25)22(12-17)31-4/h6-13H,1-5H3,(H,27,29)/b26-13-. The van der Waals surface area contributed by atoms with Gasteiger partial charge in [-0.25, -0.2) is 10.2 Å². The van der Waals surface area contributed by atoms with Crippen molar-refractivity contribution in [3.05, 3.63) is 79.7 Å². The minimum atomic E-state index is -0.384. The minimum absolute atomic E-state index is 0.327. The van der Waals surface area contributed by atoms with Gasteiger partial charge in [0.1, 0.15) is 5.75 Å². The zero-order chi connectivity index (χ0) is 23.4. The Kier molecular flexibility index (Phi) is 7.34. The molecule has 1 aromatic heterocycles. The molecule has 32 heavy (non-hydrogen) atoms. The highest BCUT2D eigenvalue weighted by atomic mass is 127. The summed E-state index contributed by atoms with van der Waals surface area (Å²) in [5, 5.41) is 4.13. The van der Waals surface area contributed by atoms with Gasteiger partial charge in [0, 0.05) is 28.2 Å². The Bertz CT molecular complexity index is 1210. The van der Waals surface area contributed by atoms with Crippen LogP contribution in [0.15, 0.2) is 47.6 Å². The molecule has 0 saturated heterocycles. The zero-order valence-electron chi connectivity index (χ0n) is 18.5. The lowest BCUT2D eigenvalue weighted by molar-refractivity contribution is 0.0600. The third-order valence-corrected chi connectivity index (χ3v) is 6.02. The minimum Gasteiger partial charge on any atom is -0.496 e. The molecule has 0 spiro atoms. The lowest BCUT2D eigenvalue weighted by Crippen LogP contribution is -2.17. The number of ether oxygens (including phenoxy) is 2. The Hall–Kier alpha value is -3.14. The van der Waals surface area contributed by atoms with Crippen molar-refractivity contribution in [1.29, 1.82) is 0 Å². The lowest BCUT2D eigenvalue weighted by Gasteiger charge is -2.14. The molecule has 1 N–H and O–H groups in total. The number of rotatable bonds is 6. The molecule has 0 aliphatic rings. The molecule has 0 atom stereocenters. The van der Waals surface area contributed by atoms with Gasteiger partial charge in [-0.2, -0.15) is 5.10 Å². The van der Waals surface area contributed by atoms with Crippen LogP contribution in [0.3, 0.4) is 0 Å². The maximum Gasteiger partial charge on any atom is 0.337 e. The lowest BCUT2D eigenvalue weighted by atomic mass is 10.1. The molecule has 0 aliphatic carbocycles. The van der Waals surface area contributed by atoms with Gasteiger partial charge in [-0.3, -0.25) is 4.79 Å². The van der Waals surface area contributed by atoms with E-state index in [0.717, 1.165) is 31.8 Å². The summed E-state index contributed by atoms with van der Waals surface area (Å²) >= 11 is 2.15. The van der Waals surface area contributed by atoms with Gasteiger partial charge in [0.2, 0.25) is 0 Å². The van der Waals surface area contributed by atoms with Crippen molar-refractivity contribution in [3.8, 4) is 11.4 Å². The molecular formula is C24H24IN3O4. The van der Waals surface area contributed by atoms with Crippen LogP contribution in [-0.4, -0.2) is 36.9 Å². The monoisotopic (exact) mass is 545 g/mol. The fourth-order valence-electron chi connectivity index (χ4n) is 3.41. The molecule has 8 heteroatoms. The Morgan fingerprint density at radius 1 is 1.03 bits per heavy atom. The number of hydrogen-bond acceptors (Lipinski definition) is 5. The van der Waals surface area contributed by atoms with Crippen molar-refractivity contribution >= 4 is 40.7 Å². The first-order chi connectivity index (χ1) is 15.3. The van der Waals surface area contributed by atoms with Gasteiger partial charge in [-0.05, 0) is 85.3 Å². The number of nitrogens with zero attached hydrogens (tertiary/aromatic N) is 2. The summed E-state index contributed by atoms with van der Waals surface area (Å²) in [6, 6.07) is 12.6. The SMILES string of the molecule is COC(=O)c1ccc(C)c(-n2c(C)cc(/C=N\NC(=O)c3ccc(I)c(OC)c3)c2C)c1. The number of nitrogens with one attached hydrogen (secondary N) is 1. The van der Waals surface area contributed by atoms with E-state index in [1.807, 2.05) is 45.0 Å². The molecule has 2 aromatic carbocycles. The fourth-order valence-corrected chi connectivity index (χ4v) is 3.97. The second-order valence-corrected chi connectivity index (χ2v) is 8.37. The van der Waals surface area contributed by atoms with Crippen LogP contribution in [0.2, 0.25) is 0 Å². The summed E-state index contributed by atoms with van der Waals surface area (Å²) in [6.07, 6.45) is 1.61. The Morgan fingerprint density at radius 3 is 2.44 bits per heavy atom. The van der Waals surface area contributed by atoms with E-state index in [0.29, 0.717) is 16.9 Å². The van der Waals surface area contributed by atoms with Crippen molar-refractivity contribution in [2.24, 2.45) is 5.10 Å². The molecule has 3 aromatic rings. The molecule has 0 aliphatic heterocycles. The number of hydrazone groups is 1. The number of aromatic nitrogens is 1. The van der Waals surface area contributed by atoms with Gasteiger partial charge in [0.05, 0.1) is 29.6 Å². The Morgan fingerprint density at radius 2 is 1.75 bits per heavy atom. The number of halogens is 1. The number of esters is 1. The van der Waals surface area contributed by atoms with Gasteiger partial charge >= 0.3 is 5.97 Å². The fraction of sp³-hybridized carbons (Fsp3) is 0.208. The first-order valence-corrected chi connectivity index (χ1v) is 10.9. The zero-order valence-corrected chi connectivity index (χ0v) is 20.7. The molecular weight excluding hydrogens is 521 g/mol. The van der Waals surface area contributed by atoms with E-state index < -0.39 is 0 Å². The van der Waals surface area contributed by atoms with E-state index in [1.54, 1.807) is 31.5 Å². The summed E-state index contributed by atoms with van der Waals surface area (Å²) in [5.74, 6) is -0.0767. The van der Waals surface area contributed by atoms with Crippen LogP contribution >= 0.6 is 22.6 Å². The van der Waals surface area contributed by atoms with E-state index >= 15 is 0 Å². The summed E-state index contributed by atoms with van der Waals surface area (Å²) in [4.78, 5) is 24.4. The van der Waals surface area contributed by atoms with E-state index in [-0.39, 0.29) is 11.9 Å². The number of carbonyl (C=O) groups excluding carboxylic acids is 2. The molecule has 166 valence electrons. The normalized spacial score (nSPS) is 10.9. The van der Waals surface area contributed by atoms with Crippen LogP contribution in [0, 0.1) is 24.3 Å². The van der Waals surface area contributed by atoms with Crippen molar-refractivity contribution in [2.75, 3.05) is 14.2 Å². The Balaban J connectivity index is 1.85. The molecule has 7 nitrogen and oxygen atoms in total. The summed E-state index contributed by atoms with van der Waals surface area (Å²) < 4.78 is 13.1. The highest BCUT2D eigenvalue weighted by Crippen LogP contribution is 2.24. The molecule has 1 heterocycles. The average molecular weight is 545 g/mol. The number of methoxy groups -OCH3 is 2. The molecule has 0 saturated carbocycles. The first-order valence-electron chi connectivity index (χ1n) is 9.82. The van der Waals surface area contributed by atoms with Gasteiger partial charge in [0.25, 0.3) is 5.91 Å². The number of amides is 1. The van der Waals surface area contributed by atoms with Gasteiger partial charge < -0.3 is 14.0 Å². The second kappa shape index (κ2) is 9.99. The highest BCUT2D eigenvalue weighted by Gasteiger charge is 2.15. The summed E-state index contributed by atoms with van der Waals surface area (Å²) in [6.45, 7) is 5.92.